The first-order chi connectivity index (χ1) is 13.7. The van der Waals surface area contributed by atoms with Crippen molar-refractivity contribution in [1.29, 1.82) is 0 Å². The first-order valence-corrected chi connectivity index (χ1v) is 9.43. The summed E-state index contributed by atoms with van der Waals surface area (Å²) in [7, 11) is 0. The van der Waals surface area contributed by atoms with Gasteiger partial charge in [-0.2, -0.15) is 18.3 Å². The summed E-state index contributed by atoms with van der Waals surface area (Å²) in [5.74, 6) is -0.170. The quantitative estimate of drug-likeness (QED) is 0.636. The van der Waals surface area contributed by atoms with Gasteiger partial charge in [0.25, 0.3) is 11.5 Å². The number of hydrogen-bond donors (Lipinski definition) is 1. The van der Waals surface area contributed by atoms with Crippen molar-refractivity contribution in [2.45, 2.75) is 12.4 Å². The SMILES string of the molecule is Cc1c(C(=O)N2CCN(SC(F)(F)F)CC2)cnn1-c1nn2cccc2c(=O)[nH]1. The second-order valence-electron chi connectivity index (χ2n) is 6.43. The number of piperazine rings is 1. The van der Waals surface area contributed by atoms with E-state index in [1.165, 1.54) is 24.6 Å². The summed E-state index contributed by atoms with van der Waals surface area (Å²) in [4.78, 5) is 29.1. The molecule has 1 aliphatic rings. The van der Waals surface area contributed by atoms with Crippen LogP contribution in [0.5, 0.6) is 0 Å². The molecule has 0 radical (unpaired) electrons. The molecule has 3 aromatic heterocycles. The second-order valence-corrected chi connectivity index (χ2v) is 7.59. The van der Waals surface area contributed by atoms with Crippen LogP contribution in [0.3, 0.4) is 0 Å². The van der Waals surface area contributed by atoms with Crippen LogP contribution in [0, 0.1) is 6.92 Å². The van der Waals surface area contributed by atoms with Crippen LogP contribution in [-0.2, 0) is 0 Å². The first-order valence-electron chi connectivity index (χ1n) is 8.66. The number of carbonyl (C=O) groups is 1. The molecule has 4 rings (SSSR count). The van der Waals surface area contributed by atoms with Gasteiger partial charge in [0, 0.05) is 44.3 Å². The first kappa shape index (κ1) is 19.5. The van der Waals surface area contributed by atoms with Gasteiger partial charge in [0.1, 0.15) is 5.52 Å². The third-order valence-corrected chi connectivity index (χ3v) is 5.42. The molecule has 1 aliphatic heterocycles. The van der Waals surface area contributed by atoms with Crippen molar-refractivity contribution in [1.82, 2.24) is 33.6 Å². The highest BCUT2D eigenvalue weighted by molar-refractivity contribution is 7.97. The van der Waals surface area contributed by atoms with Gasteiger partial charge in [-0.05, 0) is 19.1 Å². The fourth-order valence-electron chi connectivity index (χ4n) is 3.16. The predicted molar refractivity (Wildman–Crippen MR) is 98.8 cm³/mol. The van der Waals surface area contributed by atoms with E-state index in [1.54, 1.807) is 25.3 Å². The van der Waals surface area contributed by atoms with Crippen LogP contribution in [0.25, 0.3) is 11.5 Å². The maximum atomic E-state index is 12.8. The normalized spacial score (nSPS) is 15.9. The molecule has 4 heterocycles. The Morgan fingerprint density at radius 1 is 1.24 bits per heavy atom. The monoisotopic (exact) mass is 427 g/mol. The maximum Gasteiger partial charge on any atom is 0.456 e. The minimum atomic E-state index is -4.34. The molecule has 9 nitrogen and oxygen atoms in total. The molecular weight excluding hydrogens is 411 g/mol. The third kappa shape index (κ3) is 3.87. The molecule has 0 aromatic carbocycles. The van der Waals surface area contributed by atoms with E-state index in [0.29, 0.717) is 16.8 Å². The van der Waals surface area contributed by atoms with E-state index in [9.17, 15) is 22.8 Å². The summed E-state index contributed by atoms with van der Waals surface area (Å²) in [6.07, 6.45) is 2.99. The lowest BCUT2D eigenvalue weighted by Crippen LogP contribution is -2.47. The number of aromatic nitrogens is 5. The molecule has 1 amide bonds. The number of H-pyrrole nitrogens is 1. The van der Waals surface area contributed by atoms with Gasteiger partial charge in [-0.15, -0.1) is 5.10 Å². The highest BCUT2D eigenvalue weighted by atomic mass is 32.2. The van der Waals surface area contributed by atoms with Crippen LogP contribution >= 0.6 is 11.9 Å². The molecule has 13 heteroatoms. The van der Waals surface area contributed by atoms with Crippen molar-refractivity contribution in [3.63, 3.8) is 0 Å². The Labute approximate surface area is 166 Å². The van der Waals surface area contributed by atoms with Crippen molar-refractivity contribution >= 4 is 23.4 Å². The summed E-state index contributed by atoms with van der Waals surface area (Å²) in [5, 5.41) is 8.43. The molecule has 29 heavy (non-hydrogen) atoms. The number of nitrogens with one attached hydrogen (secondary N) is 1. The van der Waals surface area contributed by atoms with E-state index >= 15 is 0 Å². The lowest BCUT2D eigenvalue weighted by Gasteiger charge is -2.33. The van der Waals surface area contributed by atoms with Gasteiger partial charge in [-0.1, -0.05) is 0 Å². The van der Waals surface area contributed by atoms with Crippen molar-refractivity contribution < 1.29 is 18.0 Å². The third-order valence-electron chi connectivity index (χ3n) is 4.59. The van der Waals surface area contributed by atoms with Gasteiger partial charge in [0.05, 0.1) is 17.5 Å². The Kier molecular flexibility index (Phi) is 4.86. The Morgan fingerprint density at radius 2 is 1.97 bits per heavy atom. The molecule has 1 fully saturated rings. The minimum Gasteiger partial charge on any atom is -0.336 e. The summed E-state index contributed by atoms with van der Waals surface area (Å²) < 4.78 is 41.4. The Morgan fingerprint density at radius 3 is 2.66 bits per heavy atom. The van der Waals surface area contributed by atoms with Gasteiger partial charge in [-0.25, -0.2) is 13.5 Å². The summed E-state index contributed by atoms with van der Waals surface area (Å²) in [6.45, 7) is 2.24. The van der Waals surface area contributed by atoms with Crippen LogP contribution in [0.4, 0.5) is 13.2 Å². The van der Waals surface area contributed by atoms with E-state index in [4.69, 9.17) is 0 Å². The van der Waals surface area contributed by atoms with Gasteiger partial charge in [0.2, 0.25) is 5.95 Å². The maximum absolute atomic E-state index is 12.8. The van der Waals surface area contributed by atoms with E-state index in [-0.39, 0.29) is 55.5 Å². The van der Waals surface area contributed by atoms with Crippen LogP contribution in [0.15, 0.2) is 29.3 Å². The highest BCUT2D eigenvalue weighted by Crippen LogP contribution is 2.33. The number of amides is 1. The van der Waals surface area contributed by atoms with Crippen LogP contribution < -0.4 is 5.56 Å². The second kappa shape index (κ2) is 7.22. The fourth-order valence-corrected chi connectivity index (χ4v) is 3.80. The molecule has 1 N–H and O–H groups in total. The van der Waals surface area contributed by atoms with Gasteiger partial charge in [0.15, 0.2) is 0 Å². The molecule has 3 aromatic rings. The number of aromatic amines is 1. The average Bonchev–Trinajstić information content (AvgIpc) is 3.27. The molecule has 0 unspecified atom stereocenters. The number of rotatable bonds is 3. The van der Waals surface area contributed by atoms with Crippen LogP contribution in [0.2, 0.25) is 0 Å². The standard InChI is InChI=1S/C16H16F3N7O2S/c1-10-11(14(28)23-5-7-24(8-6-23)29-16(17,18)19)9-20-26(10)15-21-13(27)12-3-2-4-25(12)22-15/h2-4,9H,5-8H2,1H3,(H,21,22,27). The largest absolute Gasteiger partial charge is 0.456 e. The smallest absolute Gasteiger partial charge is 0.336 e. The van der Waals surface area contributed by atoms with Gasteiger partial charge in [-0.3, -0.25) is 14.6 Å². The number of fused-ring (bicyclic) bond motifs is 1. The zero-order valence-electron chi connectivity index (χ0n) is 15.2. The Balaban J connectivity index is 1.52. The van der Waals surface area contributed by atoms with Crippen molar-refractivity contribution in [2.24, 2.45) is 0 Å². The molecule has 0 aliphatic carbocycles. The van der Waals surface area contributed by atoms with Crippen LogP contribution in [-0.4, -0.2) is 71.2 Å². The lowest BCUT2D eigenvalue weighted by atomic mass is 10.2. The zero-order chi connectivity index (χ0) is 20.8. The van der Waals surface area contributed by atoms with E-state index in [2.05, 4.69) is 15.2 Å². The van der Waals surface area contributed by atoms with Gasteiger partial charge >= 0.3 is 5.51 Å². The van der Waals surface area contributed by atoms with Gasteiger partial charge < -0.3 is 4.90 Å². The van der Waals surface area contributed by atoms with Crippen LogP contribution in [0.1, 0.15) is 16.1 Å². The zero-order valence-corrected chi connectivity index (χ0v) is 16.0. The molecule has 0 saturated carbocycles. The summed E-state index contributed by atoms with van der Waals surface area (Å²) >= 11 is -0.171. The highest BCUT2D eigenvalue weighted by Gasteiger charge is 2.35. The number of alkyl halides is 3. The molecule has 154 valence electrons. The van der Waals surface area contributed by atoms with E-state index < -0.39 is 5.51 Å². The Hall–Kier alpha value is -2.80. The molecular formula is C16H16F3N7O2S. The topological polar surface area (TPSA) is 91.5 Å². The number of carbonyl (C=O) groups excluding carboxylic acids is 1. The lowest BCUT2D eigenvalue weighted by molar-refractivity contribution is -0.0368. The predicted octanol–water partition coefficient (Wildman–Crippen LogP) is 1.44. The van der Waals surface area contributed by atoms with E-state index in [1.807, 2.05) is 0 Å². The summed E-state index contributed by atoms with van der Waals surface area (Å²) in [6, 6.07) is 3.31. The Bertz CT molecular complexity index is 1110. The number of nitrogens with zero attached hydrogens (tertiary/aromatic N) is 6. The van der Waals surface area contributed by atoms with Crippen molar-refractivity contribution in [2.75, 3.05) is 26.2 Å². The minimum absolute atomic E-state index is 0.113. The van der Waals surface area contributed by atoms with E-state index in [0.717, 1.165) is 0 Å². The number of halogens is 3. The van der Waals surface area contributed by atoms with Crippen molar-refractivity contribution in [3.8, 4) is 5.95 Å². The summed E-state index contributed by atoms with van der Waals surface area (Å²) in [5.41, 5.74) is -3.53. The fraction of sp³-hybridized carbons (Fsp3) is 0.375. The molecule has 0 atom stereocenters. The van der Waals surface area contributed by atoms with Crippen molar-refractivity contribution in [3.05, 3.63) is 46.1 Å². The molecule has 0 bridgehead atoms. The number of hydrogen-bond acceptors (Lipinski definition) is 6. The molecule has 1 saturated heterocycles. The molecule has 0 spiro atoms. The average molecular weight is 427 g/mol.